The van der Waals surface area contributed by atoms with Gasteiger partial charge in [0, 0.05) is 63.3 Å². The molecule has 4 aliphatic heterocycles. The van der Waals surface area contributed by atoms with E-state index in [2.05, 4.69) is 33.2 Å². The van der Waals surface area contributed by atoms with Gasteiger partial charge in [0.2, 0.25) is 0 Å². The van der Waals surface area contributed by atoms with Crippen LogP contribution in [0.2, 0.25) is 5.02 Å². The number of ether oxygens (including phenoxy) is 4. The molecule has 1 unspecified atom stereocenters. The molecule has 4 aliphatic rings. The van der Waals surface area contributed by atoms with Crippen molar-refractivity contribution >= 4 is 11.6 Å². The molecule has 210 valence electrons. The number of methoxy groups -OCH3 is 1. The van der Waals surface area contributed by atoms with E-state index in [1.165, 1.54) is 6.07 Å². The van der Waals surface area contributed by atoms with Crippen LogP contribution < -0.4 is 9.47 Å². The number of hydrogen-bond donors (Lipinski definition) is 0. The number of fused-ring (bicyclic) bond motifs is 1. The van der Waals surface area contributed by atoms with Gasteiger partial charge in [-0.2, -0.15) is 0 Å². The van der Waals surface area contributed by atoms with Gasteiger partial charge in [0.25, 0.3) is 5.79 Å². The topological polar surface area (TPSA) is 46.6 Å². The van der Waals surface area contributed by atoms with Gasteiger partial charge in [-0.3, -0.25) is 4.90 Å². The Morgan fingerprint density at radius 3 is 2.56 bits per heavy atom. The number of rotatable bonds is 9. The SMILES string of the molecule is COCCN1C=CN(C[C@@H]2CCO2)C1CN1CCC(c2cccc3c2O[C@@](C)(c2ccc(Cl)cc2F)O3)CC1. The predicted molar refractivity (Wildman–Crippen MR) is 147 cm³/mol. The van der Waals surface area contributed by atoms with E-state index in [1.54, 1.807) is 26.2 Å². The van der Waals surface area contributed by atoms with Crippen molar-refractivity contribution in [2.75, 3.05) is 53.0 Å². The fourth-order valence-corrected chi connectivity index (χ4v) is 6.29. The Labute approximate surface area is 235 Å². The van der Waals surface area contributed by atoms with Gasteiger partial charge in [0.15, 0.2) is 11.5 Å². The Bertz CT molecular complexity index is 1200. The van der Waals surface area contributed by atoms with Crippen molar-refractivity contribution in [1.29, 1.82) is 0 Å². The van der Waals surface area contributed by atoms with Gasteiger partial charge in [-0.1, -0.05) is 23.7 Å². The maximum atomic E-state index is 14.8. The number of benzene rings is 2. The van der Waals surface area contributed by atoms with Gasteiger partial charge in [0.1, 0.15) is 12.0 Å². The van der Waals surface area contributed by atoms with Gasteiger partial charge in [-0.25, -0.2) is 4.39 Å². The average molecular weight is 558 g/mol. The molecule has 2 fully saturated rings. The van der Waals surface area contributed by atoms with E-state index in [-0.39, 0.29) is 6.17 Å². The molecule has 39 heavy (non-hydrogen) atoms. The molecule has 0 saturated carbocycles. The average Bonchev–Trinajstić information content (AvgIpc) is 3.45. The highest BCUT2D eigenvalue weighted by atomic mass is 35.5. The second-order valence-corrected chi connectivity index (χ2v) is 11.4. The fourth-order valence-electron chi connectivity index (χ4n) is 6.13. The van der Waals surface area contributed by atoms with E-state index in [1.807, 2.05) is 12.1 Å². The van der Waals surface area contributed by atoms with E-state index >= 15 is 0 Å². The number of likely N-dealkylation sites (tertiary alicyclic amines) is 1. The summed E-state index contributed by atoms with van der Waals surface area (Å²) >= 11 is 5.97. The first kappa shape index (κ1) is 26.7. The molecular weight excluding hydrogens is 521 g/mol. The fraction of sp³-hybridized carbons (Fsp3) is 0.533. The Balaban J connectivity index is 1.11. The van der Waals surface area contributed by atoms with Crippen molar-refractivity contribution in [1.82, 2.24) is 14.7 Å². The lowest BCUT2D eigenvalue weighted by molar-refractivity contribution is -0.0718. The predicted octanol–water partition coefficient (Wildman–Crippen LogP) is 5.15. The Morgan fingerprint density at radius 1 is 1.05 bits per heavy atom. The molecule has 0 spiro atoms. The van der Waals surface area contributed by atoms with E-state index in [9.17, 15) is 4.39 Å². The maximum Gasteiger partial charge on any atom is 0.278 e. The summed E-state index contributed by atoms with van der Waals surface area (Å²) in [6.45, 7) is 8.11. The third-order valence-electron chi connectivity index (χ3n) is 8.46. The number of para-hydroxylation sites is 1. The van der Waals surface area contributed by atoms with Crippen LogP contribution >= 0.6 is 11.6 Å². The molecule has 2 aromatic carbocycles. The first-order valence-electron chi connectivity index (χ1n) is 13.9. The van der Waals surface area contributed by atoms with Gasteiger partial charge >= 0.3 is 0 Å². The van der Waals surface area contributed by atoms with Crippen molar-refractivity contribution in [3.05, 3.63) is 70.8 Å². The molecule has 0 bridgehead atoms. The van der Waals surface area contributed by atoms with E-state index in [0.717, 1.165) is 69.9 Å². The number of piperidine rings is 1. The van der Waals surface area contributed by atoms with Crippen molar-refractivity contribution in [2.45, 2.75) is 50.2 Å². The normalized spacial score (nSPS) is 26.9. The maximum absolute atomic E-state index is 14.8. The lowest BCUT2D eigenvalue weighted by atomic mass is 9.88. The molecule has 7 nitrogen and oxygen atoms in total. The minimum atomic E-state index is -1.23. The molecule has 0 N–H and O–H groups in total. The largest absolute Gasteiger partial charge is 0.444 e. The van der Waals surface area contributed by atoms with Gasteiger partial charge in [0.05, 0.1) is 18.3 Å². The quantitative estimate of drug-likeness (QED) is 0.422. The van der Waals surface area contributed by atoms with Crippen LogP contribution in [0.4, 0.5) is 4.39 Å². The van der Waals surface area contributed by atoms with Gasteiger partial charge in [-0.05, 0) is 62.5 Å². The van der Waals surface area contributed by atoms with Crippen LogP contribution in [0.15, 0.2) is 48.8 Å². The Kier molecular flexibility index (Phi) is 7.64. The monoisotopic (exact) mass is 557 g/mol. The van der Waals surface area contributed by atoms with Crippen molar-refractivity contribution < 1.29 is 23.3 Å². The number of hydrogen-bond acceptors (Lipinski definition) is 7. The second-order valence-electron chi connectivity index (χ2n) is 11.0. The lowest BCUT2D eigenvalue weighted by Crippen LogP contribution is -2.52. The molecule has 4 heterocycles. The molecule has 2 saturated heterocycles. The van der Waals surface area contributed by atoms with Crippen LogP contribution in [0.1, 0.15) is 43.2 Å². The molecule has 2 aromatic rings. The zero-order valence-electron chi connectivity index (χ0n) is 22.7. The first-order chi connectivity index (χ1) is 18.9. The molecule has 3 atom stereocenters. The summed E-state index contributed by atoms with van der Waals surface area (Å²) in [7, 11) is 1.75. The van der Waals surface area contributed by atoms with E-state index in [0.29, 0.717) is 35.0 Å². The zero-order chi connectivity index (χ0) is 27.0. The molecule has 6 rings (SSSR count). The van der Waals surface area contributed by atoms with Crippen molar-refractivity contribution in [3.8, 4) is 11.5 Å². The summed E-state index contributed by atoms with van der Waals surface area (Å²) in [6, 6.07) is 10.6. The number of nitrogens with zero attached hydrogens (tertiary/aromatic N) is 3. The zero-order valence-corrected chi connectivity index (χ0v) is 23.4. The summed E-state index contributed by atoms with van der Waals surface area (Å²) in [6.07, 6.45) is 8.21. The highest BCUT2D eigenvalue weighted by Gasteiger charge is 2.43. The Hall–Kier alpha value is -2.52. The highest BCUT2D eigenvalue weighted by molar-refractivity contribution is 6.30. The third kappa shape index (κ3) is 5.44. The standard InChI is InChI=1S/C30H37ClFN3O4/c1-30(25-7-6-22(31)18-26(25)32)38-27-5-3-4-24(29(27)39-30)21-8-11-33(12-9-21)20-28-34(15-17-36-2)13-14-35(28)19-23-10-16-37-23/h3-7,13-14,18,21,23,28H,8-12,15-17,19-20H2,1-2H3/t23-,28?,30-/m0/s1. The highest BCUT2D eigenvalue weighted by Crippen LogP contribution is 2.49. The third-order valence-corrected chi connectivity index (χ3v) is 8.69. The molecule has 0 radical (unpaired) electrons. The summed E-state index contributed by atoms with van der Waals surface area (Å²) in [5, 5.41) is 0.345. The summed E-state index contributed by atoms with van der Waals surface area (Å²) in [5.74, 6) is 0.0638. The smallest absolute Gasteiger partial charge is 0.278 e. The van der Waals surface area contributed by atoms with Gasteiger partial charge in [-0.15, -0.1) is 0 Å². The summed E-state index contributed by atoms with van der Waals surface area (Å²) < 4.78 is 38.4. The molecule has 0 aromatic heterocycles. The minimum absolute atomic E-state index is 0.286. The van der Waals surface area contributed by atoms with Crippen LogP contribution in [0.25, 0.3) is 0 Å². The van der Waals surface area contributed by atoms with Crippen molar-refractivity contribution in [3.63, 3.8) is 0 Å². The van der Waals surface area contributed by atoms with E-state index in [4.69, 9.17) is 30.5 Å². The first-order valence-corrected chi connectivity index (χ1v) is 14.3. The summed E-state index contributed by atoms with van der Waals surface area (Å²) in [4.78, 5) is 7.38. The molecule has 9 heteroatoms. The molecular formula is C30H37ClFN3O4. The minimum Gasteiger partial charge on any atom is -0.444 e. The Morgan fingerprint density at radius 2 is 1.85 bits per heavy atom. The summed E-state index contributed by atoms with van der Waals surface area (Å²) in [5.41, 5.74) is 1.47. The van der Waals surface area contributed by atoms with Crippen LogP contribution in [0, 0.1) is 5.82 Å². The van der Waals surface area contributed by atoms with Crippen LogP contribution in [0.5, 0.6) is 11.5 Å². The van der Waals surface area contributed by atoms with Crippen LogP contribution in [-0.2, 0) is 15.3 Å². The molecule has 0 aliphatic carbocycles. The van der Waals surface area contributed by atoms with Gasteiger partial charge < -0.3 is 28.7 Å². The van der Waals surface area contributed by atoms with E-state index < -0.39 is 11.6 Å². The number of halogens is 2. The molecule has 0 amide bonds. The lowest BCUT2D eigenvalue weighted by Gasteiger charge is -2.41. The van der Waals surface area contributed by atoms with Crippen LogP contribution in [-0.4, -0.2) is 80.0 Å². The van der Waals surface area contributed by atoms with Crippen molar-refractivity contribution in [2.24, 2.45) is 0 Å². The second kappa shape index (κ2) is 11.2. The van der Waals surface area contributed by atoms with Crippen LogP contribution in [0.3, 0.4) is 0 Å².